The second kappa shape index (κ2) is 12.3. The van der Waals surface area contributed by atoms with E-state index in [1.807, 2.05) is 14.1 Å². The van der Waals surface area contributed by atoms with Gasteiger partial charge in [0.25, 0.3) is 0 Å². The van der Waals surface area contributed by atoms with Gasteiger partial charge in [-0.05, 0) is 50.4 Å². The van der Waals surface area contributed by atoms with E-state index in [4.69, 9.17) is 4.74 Å². The standard InChI is InChI=1S/C27H39N7O2/c1-29-10-12-32(2)19-21-5-4-6-22(15-21)25-16-23(26(35)30-17-20-7-13-36-14-8-20)24-18-31-34(11-9-28)27(24)33(25)3/h4-6,15,18,20,23,25,29H,7-8,10-14,16-17,19H2,1-3H3,(H,30,35). The maximum absolute atomic E-state index is 13.5. The summed E-state index contributed by atoms with van der Waals surface area (Å²) in [5.41, 5.74) is 3.32. The van der Waals surface area contributed by atoms with Crippen LogP contribution in [0.25, 0.3) is 0 Å². The Labute approximate surface area is 214 Å². The summed E-state index contributed by atoms with van der Waals surface area (Å²) in [7, 11) is 6.14. The topological polar surface area (TPSA) is 98.5 Å². The Morgan fingerprint density at radius 2 is 2.14 bits per heavy atom. The van der Waals surface area contributed by atoms with Crippen LogP contribution in [0.5, 0.6) is 0 Å². The van der Waals surface area contributed by atoms with Crippen LogP contribution in [0.15, 0.2) is 30.5 Å². The van der Waals surface area contributed by atoms with Crippen molar-refractivity contribution in [2.75, 3.05) is 58.9 Å². The molecule has 2 atom stereocenters. The van der Waals surface area contributed by atoms with Crippen LogP contribution in [0.1, 0.15) is 47.9 Å². The molecule has 4 rings (SSSR count). The first-order chi connectivity index (χ1) is 17.5. The minimum absolute atomic E-state index is 0.00744. The number of benzene rings is 1. The van der Waals surface area contributed by atoms with Gasteiger partial charge < -0.3 is 25.2 Å². The highest BCUT2D eigenvalue weighted by Crippen LogP contribution is 2.44. The summed E-state index contributed by atoms with van der Waals surface area (Å²) in [6.45, 7) is 5.13. The van der Waals surface area contributed by atoms with Crippen molar-refractivity contribution in [1.29, 1.82) is 5.26 Å². The van der Waals surface area contributed by atoms with Crippen molar-refractivity contribution in [3.05, 3.63) is 47.2 Å². The van der Waals surface area contributed by atoms with E-state index in [0.29, 0.717) is 18.9 Å². The van der Waals surface area contributed by atoms with E-state index in [9.17, 15) is 10.1 Å². The maximum Gasteiger partial charge on any atom is 0.227 e. The fourth-order valence-electron chi connectivity index (χ4n) is 5.38. The number of nitrogens with zero attached hydrogens (tertiary/aromatic N) is 5. The van der Waals surface area contributed by atoms with Gasteiger partial charge in [-0.3, -0.25) is 4.79 Å². The zero-order chi connectivity index (χ0) is 25.5. The number of carbonyl (C=O) groups is 1. The van der Waals surface area contributed by atoms with E-state index < -0.39 is 0 Å². The first-order valence-corrected chi connectivity index (χ1v) is 12.9. The van der Waals surface area contributed by atoms with Gasteiger partial charge >= 0.3 is 0 Å². The molecule has 2 N–H and O–H groups in total. The quantitative estimate of drug-likeness (QED) is 0.524. The van der Waals surface area contributed by atoms with Gasteiger partial charge in [0.05, 0.1) is 24.2 Å². The van der Waals surface area contributed by atoms with Crippen LogP contribution in [0.2, 0.25) is 0 Å². The molecule has 1 aromatic heterocycles. The maximum atomic E-state index is 13.5. The zero-order valence-corrected chi connectivity index (χ0v) is 21.7. The van der Waals surface area contributed by atoms with Crippen LogP contribution in [-0.4, -0.2) is 74.6 Å². The van der Waals surface area contributed by atoms with E-state index in [0.717, 1.165) is 57.1 Å². The number of rotatable bonds is 10. The third kappa shape index (κ3) is 6.06. The zero-order valence-electron chi connectivity index (χ0n) is 21.7. The largest absolute Gasteiger partial charge is 0.381 e. The summed E-state index contributed by atoms with van der Waals surface area (Å²) in [5, 5.41) is 20.3. The van der Waals surface area contributed by atoms with Crippen molar-refractivity contribution in [3.63, 3.8) is 0 Å². The van der Waals surface area contributed by atoms with E-state index in [-0.39, 0.29) is 24.4 Å². The van der Waals surface area contributed by atoms with Gasteiger partial charge in [-0.15, -0.1) is 0 Å². The Morgan fingerprint density at radius 3 is 2.89 bits per heavy atom. The first-order valence-electron chi connectivity index (χ1n) is 12.9. The third-order valence-electron chi connectivity index (χ3n) is 7.45. The molecular formula is C27H39N7O2. The van der Waals surface area contributed by atoms with E-state index >= 15 is 0 Å². The molecule has 0 radical (unpaired) electrons. The number of likely N-dealkylation sites (N-methyl/N-ethyl adjacent to an activating group) is 2. The number of amides is 1. The van der Waals surface area contributed by atoms with Crippen LogP contribution >= 0.6 is 0 Å². The average Bonchev–Trinajstić information content (AvgIpc) is 3.31. The SMILES string of the molecule is CNCCN(C)Cc1cccc(C2CC(C(=O)NCC3CCOCC3)c3cnn(CC#N)c3N2C)c1. The number of nitriles is 1. The third-order valence-corrected chi connectivity index (χ3v) is 7.45. The van der Waals surface area contributed by atoms with Crippen LogP contribution in [0.3, 0.4) is 0 Å². The molecule has 2 unspecified atom stereocenters. The van der Waals surface area contributed by atoms with Gasteiger partial charge in [0.15, 0.2) is 0 Å². The van der Waals surface area contributed by atoms with Gasteiger partial charge in [-0.25, -0.2) is 4.68 Å². The smallest absolute Gasteiger partial charge is 0.227 e. The number of fused-ring (bicyclic) bond motifs is 1. The van der Waals surface area contributed by atoms with Gasteiger partial charge in [0.2, 0.25) is 5.91 Å². The predicted octanol–water partition coefficient (Wildman–Crippen LogP) is 2.27. The lowest BCUT2D eigenvalue weighted by atomic mass is 9.84. The van der Waals surface area contributed by atoms with Crippen LogP contribution < -0.4 is 15.5 Å². The molecule has 1 aromatic carbocycles. The molecule has 0 bridgehead atoms. The highest BCUT2D eigenvalue weighted by atomic mass is 16.5. The Balaban J connectivity index is 1.56. The lowest BCUT2D eigenvalue weighted by molar-refractivity contribution is -0.123. The van der Waals surface area contributed by atoms with Crippen molar-refractivity contribution >= 4 is 11.7 Å². The number of ether oxygens (including phenoxy) is 1. The molecule has 1 fully saturated rings. The number of hydrogen-bond acceptors (Lipinski definition) is 7. The van der Waals surface area contributed by atoms with Crippen LogP contribution in [-0.2, 0) is 22.6 Å². The lowest BCUT2D eigenvalue weighted by Crippen LogP contribution is -2.40. The summed E-state index contributed by atoms with van der Waals surface area (Å²) < 4.78 is 7.18. The highest BCUT2D eigenvalue weighted by Gasteiger charge is 2.38. The van der Waals surface area contributed by atoms with Crippen molar-refractivity contribution in [1.82, 2.24) is 25.3 Å². The molecule has 0 spiro atoms. The minimum Gasteiger partial charge on any atom is -0.381 e. The Kier molecular flexibility index (Phi) is 8.97. The fraction of sp³-hybridized carbons (Fsp3) is 0.593. The molecular weight excluding hydrogens is 454 g/mol. The molecule has 0 saturated carbocycles. The Morgan fingerprint density at radius 1 is 1.33 bits per heavy atom. The monoisotopic (exact) mass is 493 g/mol. The molecule has 2 aliphatic rings. The van der Waals surface area contributed by atoms with Crippen molar-refractivity contribution < 1.29 is 9.53 Å². The average molecular weight is 494 g/mol. The van der Waals surface area contributed by atoms with Crippen molar-refractivity contribution in [2.45, 2.75) is 44.3 Å². The molecule has 9 nitrogen and oxygen atoms in total. The van der Waals surface area contributed by atoms with Crippen molar-refractivity contribution in [2.24, 2.45) is 5.92 Å². The van der Waals surface area contributed by atoms with Crippen LogP contribution in [0.4, 0.5) is 5.82 Å². The number of nitrogens with one attached hydrogen (secondary N) is 2. The normalized spacial score (nSPS) is 20.2. The first kappa shape index (κ1) is 26.1. The number of aromatic nitrogens is 2. The number of anilines is 1. The Bertz CT molecular complexity index is 1060. The number of hydrogen-bond donors (Lipinski definition) is 2. The molecule has 194 valence electrons. The summed E-state index contributed by atoms with van der Waals surface area (Å²) in [6, 6.07) is 10.9. The van der Waals surface area contributed by atoms with Gasteiger partial charge in [-0.2, -0.15) is 10.4 Å². The van der Waals surface area contributed by atoms with Gasteiger partial charge in [-0.1, -0.05) is 24.3 Å². The van der Waals surface area contributed by atoms with Crippen LogP contribution in [0, 0.1) is 17.2 Å². The predicted molar refractivity (Wildman–Crippen MR) is 140 cm³/mol. The highest BCUT2D eigenvalue weighted by molar-refractivity contribution is 5.86. The molecule has 2 aliphatic heterocycles. The lowest BCUT2D eigenvalue weighted by Gasteiger charge is -2.38. The molecule has 36 heavy (non-hydrogen) atoms. The number of carbonyl (C=O) groups excluding carboxylic acids is 1. The van der Waals surface area contributed by atoms with E-state index in [1.165, 1.54) is 11.1 Å². The minimum atomic E-state index is -0.310. The van der Waals surface area contributed by atoms with Crippen molar-refractivity contribution in [3.8, 4) is 6.07 Å². The molecule has 2 aromatic rings. The van der Waals surface area contributed by atoms with Gasteiger partial charge in [0.1, 0.15) is 12.4 Å². The summed E-state index contributed by atoms with van der Waals surface area (Å²) >= 11 is 0. The summed E-state index contributed by atoms with van der Waals surface area (Å²) in [6.07, 6.45) is 4.40. The molecule has 1 amide bonds. The Hall–Kier alpha value is -2.93. The molecule has 9 heteroatoms. The molecule has 1 saturated heterocycles. The molecule has 0 aliphatic carbocycles. The van der Waals surface area contributed by atoms with E-state index in [1.54, 1.807) is 10.9 Å². The molecule has 3 heterocycles. The second-order valence-corrected chi connectivity index (χ2v) is 10.0. The van der Waals surface area contributed by atoms with E-state index in [2.05, 4.69) is 62.9 Å². The van der Waals surface area contributed by atoms with Gasteiger partial charge in [0, 0.05) is 52.0 Å². The summed E-state index contributed by atoms with van der Waals surface area (Å²) in [4.78, 5) is 18.0. The summed E-state index contributed by atoms with van der Waals surface area (Å²) in [5.74, 6) is 1.05. The second-order valence-electron chi connectivity index (χ2n) is 10.0. The fourth-order valence-corrected chi connectivity index (χ4v) is 5.38.